The van der Waals surface area contributed by atoms with Gasteiger partial charge in [-0.25, -0.2) is 9.89 Å². The summed E-state index contributed by atoms with van der Waals surface area (Å²) < 4.78 is 6.00. The van der Waals surface area contributed by atoms with Crippen molar-refractivity contribution >= 4 is 17.3 Å². The van der Waals surface area contributed by atoms with Gasteiger partial charge in [0.1, 0.15) is 5.75 Å². The number of rotatable bonds is 2. The fourth-order valence-corrected chi connectivity index (χ4v) is 1.49. The van der Waals surface area contributed by atoms with Gasteiger partial charge in [-0.2, -0.15) is 4.68 Å². The van der Waals surface area contributed by atoms with E-state index in [0.29, 0.717) is 22.1 Å². The fourth-order valence-electron chi connectivity index (χ4n) is 1.25. The topological polar surface area (TPSA) is 98.8 Å². The second kappa shape index (κ2) is 3.86. The first-order valence-electron chi connectivity index (χ1n) is 4.27. The van der Waals surface area contributed by atoms with Crippen LogP contribution >= 0.6 is 11.6 Å². The summed E-state index contributed by atoms with van der Waals surface area (Å²) in [7, 11) is 1.47. The Hall–Kier alpha value is -2.02. The van der Waals surface area contributed by atoms with E-state index in [2.05, 4.69) is 15.5 Å². The van der Waals surface area contributed by atoms with Crippen LogP contribution in [0.15, 0.2) is 16.9 Å². The van der Waals surface area contributed by atoms with E-state index in [1.165, 1.54) is 19.2 Å². The van der Waals surface area contributed by atoms with Gasteiger partial charge in [-0.05, 0) is 16.5 Å². The molecule has 0 spiro atoms. The average molecular weight is 242 g/mol. The monoisotopic (exact) mass is 241 g/mol. The molecule has 0 bridgehead atoms. The molecule has 0 aliphatic carbocycles. The van der Waals surface area contributed by atoms with Gasteiger partial charge in [0.05, 0.1) is 23.5 Å². The first-order valence-corrected chi connectivity index (χ1v) is 4.65. The number of nitrogens with one attached hydrogen (secondary N) is 1. The van der Waals surface area contributed by atoms with Gasteiger partial charge in [-0.1, -0.05) is 11.6 Å². The molecule has 1 aromatic carbocycles. The van der Waals surface area contributed by atoms with Crippen molar-refractivity contribution in [1.29, 1.82) is 0 Å². The predicted molar refractivity (Wildman–Crippen MR) is 58.0 cm³/mol. The van der Waals surface area contributed by atoms with E-state index >= 15 is 0 Å². The summed E-state index contributed by atoms with van der Waals surface area (Å²) >= 11 is 5.92. The number of hydrogen-bond donors (Lipinski definition) is 2. The predicted octanol–water partition coefficient (Wildman–Crippen LogP) is 0.200. The lowest BCUT2D eigenvalue weighted by molar-refractivity contribution is 0.415. The summed E-state index contributed by atoms with van der Waals surface area (Å²) in [5.74, 6) is 0.430. The van der Waals surface area contributed by atoms with Crippen LogP contribution < -0.4 is 16.2 Å². The largest absolute Gasteiger partial charge is 0.495 e. The van der Waals surface area contributed by atoms with Gasteiger partial charge < -0.3 is 10.5 Å². The molecule has 0 saturated carbocycles. The minimum atomic E-state index is -0.493. The Morgan fingerprint density at radius 3 is 2.88 bits per heavy atom. The molecule has 84 valence electrons. The zero-order valence-corrected chi connectivity index (χ0v) is 9.02. The van der Waals surface area contributed by atoms with Crippen molar-refractivity contribution in [3.63, 3.8) is 0 Å². The highest BCUT2D eigenvalue weighted by Gasteiger charge is 2.11. The van der Waals surface area contributed by atoms with Crippen LogP contribution in [0.5, 0.6) is 5.75 Å². The molecule has 8 heteroatoms. The summed E-state index contributed by atoms with van der Waals surface area (Å²) in [4.78, 5) is 11.3. The first-order chi connectivity index (χ1) is 7.63. The summed E-state index contributed by atoms with van der Waals surface area (Å²) in [6.45, 7) is 0. The number of anilines is 1. The maximum absolute atomic E-state index is 11.3. The standard InChI is InChI=1S/C8H8ClN5O2/c1-16-7-3-5(10)6(2-4(7)9)14-8(15)11-12-13-14/h2-3H,10H2,1H3,(H,11,13,15). The molecule has 2 rings (SSSR count). The third kappa shape index (κ3) is 1.61. The summed E-state index contributed by atoms with van der Waals surface area (Å²) in [6.07, 6.45) is 0. The lowest BCUT2D eigenvalue weighted by atomic mass is 10.2. The zero-order valence-electron chi connectivity index (χ0n) is 8.27. The quantitative estimate of drug-likeness (QED) is 0.732. The molecule has 0 radical (unpaired) electrons. The Kier molecular flexibility index (Phi) is 2.53. The van der Waals surface area contributed by atoms with E-state index in [1.807, 2.05) is 0 Å². The molecule has 2 aromatic rings. The molecule has 0 amide bonds. The number of aromatic amines is 1. The molecule has 0 aliphatic rings. The number of nitrogens with zero attached hydrogens (tertiary/aromatic N) is 3. The van der Waals surface area contributed by atoms with Gasteiger partial charge >= 0.3 is 5.69 Å². The molecule has 0 saturated heterocycles. The maximum Gasteiger partial charge on any atom is 0.365 e. The number of hydrogen-bond acceptors (Lipinski definition) is 5. The smallest absolute Gasteiger partial charge is 0.365 e. The highest BCUT2D eigenvalue weighted by Crippen LogP contribution is 2.30. The maximum atomic E-state index is 11.3. The van der Waals surface area contributed by atoms with Crippen molar-refractivity contribution in [3.8, 4) is 11.4 Å². The molecular weight excluding hydrogens is 234 g/mol. The second-order valence-electron chi connectivity index (χ2n) is 2.96. The lowest BCUT2D eigenvalue weighted by Crippen LogP contribution is -2.17. The summed E-state index contributed by atoms with van der Waals surface area (Å²) in [5, 5.41) is 9.41. The van der Waals surface area contributed by atoms with E-state index in [-0.39, 0.29) is 0 Å². The van der Waals surface area contributed by atoms with E-state index in [4.69, 9.17) is 22.1 Å². The van der Waals surface area contributed by atoms with Crippen LogP contribution in [0.1, 0.15) is 0 Å². The van der Waals surface area contributed by atoms with Gasteiger partial charge in [0, 0.05) is 6.07 Å². The Morgan fingerprint density at radius 1 is 1.56 bits per heavy atom. The van der Waals surface area contributed by atoms with Crippen LogP contribution in [0.2, 0.25) is 5.02 Å². The van der Waals surface area contributed by atoms with E-state index in [1.54, 1.807) is 0 Å². The molecule has 7 nitrogen and oxygen atoms in total. The number of methoxy groups -OCH3 is 1. The van der Waals surface area contributed by atoms with Crippen molar-refractivity contribution in [2.24, 2.45) is 0 Å². The molecular formula is C8H8ClN5O2. The molecule has 1 aromatic heterocycles. The summed E-state index contributed by atoms with van der Waals surface area (Å²) in [5.41, 5.74) is 5.92. The Balaban J connectivity index is 2.63. The number of tetrazole rings is 1. The molecule has 1 heterocycles. The second-order valence-corrected chi connectivity index (χ2v) is 3.37. The Bertz CT molecular complexity index is 576. The molecule has 0 unspecified atom stereocenters. The summed E-state index contributed by atoms with van der Waals surface area (Å²) in [6, 6.07) is 3.00. The molecule has 0 fully saturated rings. The first kappa shape index (κ1) is 10.5. The lowest BCUT2D eigenvalue weighted by Gasteiger charge is -2.08. The van der Waals surface area contributed by atoms with Crippen LogP contribution in [0.3, 0.4) is 0 Å². The van der Waals surface area contributed by atoms with Gasteiger partial charge in [-0.15, -0.1) is 0 Å². The van der Waals surface area contributed by atoms with Crippen molar-refractivity contribution < 1.29 is 4.74 Å². The minimum Gasteiger partial charge on any atom is -0.495 e. The van der Waals surface area contributed by atoms with E-state index in [0.717, 1.165) is 4.68 Å². The van der Waals surface area contributed by atoms with Crippen LogP contribution in [-0.4, -0.2) is 27.3 Å². The molecule has 3 N–H and O–H groups in total. The third-order valence-corrected chi connectivity index (χ3v) is 2.30. The van der Waals surface area contributed by atoms with Crippen molar-refractivity contribution in [1.82, 2.24) is 20.2 Å². The minimum absolute atomic E-state index is 0.317. The number of ether oxygens (including phenoxy) is 1. The van der Waals surface area contributed by atoms with Crippen LogP contribution in [-0.2, 0) is 0 Å². The Morgan fingerprint density at radius 2 is 2.31 bits per heavy atom. The van der Waals surface area contributed by atoms with Crippen LogP contribution in [0.4, 0.5) is 5.69 Å². The van der Waals surface area contributed by atoms with Gasteiger partial charge in [0.15, 0.2) is 0 Å². The van der Waals surface area contributed by atoms with E-state index < -0.39 is 5.69 Å². The van der Waals surface area contributed by atoms with Gasteiger partial charge in [0.25, 0.3) is 0 Å². The highest BCUT2D eigenvalue weighted by molar-refractivity contribution is 6.32. The molecule has 0 aliphatic heterocycles. The van der Waals surface area contributed by atoms with Crippen molar-refractivity contribution in [2.75, 3.05) is 12.8 Å². The highest BCUT2D eigenvalue weighted by atomic mass is 35.5. The number of nitrogen functional groups attached to an aromatic ring is 1. The number of aromatic nitrogens is 4. The Labute approximate surface area is 94.8 Å². The van der Waals surface area contributed by atoms with Crippen LogP contribution in [0, 0.1) is 0 Å². The molecule has 16 heavy (non-hydrogen) atoms. The third-order valence-electron chi connectivity index (χ3n) is 2.00. The van der Waals surface area contributed by atoms with E-state index in [9.17, 15) is 4.79 Å². The number of benzene rings is 1. The average Bonchev–Trinajstić information content (AvgIpc) is 2.67. The molecule has 0 atom stereocenters. The van der Waals surface area contributed by atoms with Gasteiger partial charge in [-0.3, -0.25) is 0 Å². The normalized spacial score (nSPS) is 10.4. The van der Waals surface area contributed by atoms with Crippen molar-refractivity contribution in [2.45, 2.75) is 0 Å². The fraction of sp³-hybridized carbons (Fsp3) is 0.125. The number of nitrogens with two attached hydrogens (primary N) is 1. The van der Waals surface area contributed by atoms with Crippen molar-refractivity contribution in [3.05, 3.63) is 27.6 Å². The number of halogens is 1. The van der Waals surface area contributed by atoms with Crippen LogP contribution in [0.25, 0.3) is 5.69 Å². The SMILES string of the molecule is COc1cc(N)c(-n2nn[nH]c2=O)cc1Cl. The van der Waals surface area contributed by atoms with Gasteiger partial charge in [0.2, 0.25) is 0 Å². The number of H-pyrrole nitrogens is 1. The zero-order chi connectivity index (χ0) is 11.7.